The highest BCUT2D eigenvalue weighted by molar-refractivity contribution is 6.04. The number of carbonyl (C=O) groups is 1. The molecule has 1 aromatic carbocycles. The summed E-state index contributed by atoms with van der Waals surface area (Å²) >= 11 is 0. The molecule has 4 aromatic heterocycles. The zero-order chi connectivity index (χ0) is 29.6. The van der Waals surface area contributed by atoms with Gasteiger partial charge in [-0.1, -0.05) is 6.07 Å². The Morgan fingerprint density at radius 3 is 2.48 bits per heavy atom. The summed E-state index contributed by atoms with van der Waals surface area (Å²) in [5, 5.41) is 8.04. The van der Waals surface area contributed by atoms with Gasteiger partial charge in [0.2, 0.25) is 0 Å². The molecule has 0 aliphatic heterocycles. The van der Waals surface area contributed by atoms with Gasteiger partial charge in [0, 0.05) is 36.0 Å². The third-order valence-electron chi connectivity index (χ3n) is 6.18. The summed E-state index contributed by atoms with van der Waals surface area (Å²) in [5.74, 6) is 2.98. The summed E-state index contributed by atoms with van der Waals surface area (Å²) in [5.41, 5.74) is 1.76. The van der Waals surface area contributed by atoms with Crippen LogP contribution in [0.15, 0.2) is 67.3 Å². The SMILES string of the molecule is CCOc1cn(-c2ncccc2CN(C)C)nc1C(=O)Nc1ccc(Oc2ccnc3cc(OC)c(OC)cc23)cn1. The van der Waals surface area contributed by atoms with Gasteiger partial charge >= 0.3 is 0 Å². The van der Waals surface area contributed by atoms with Crippen LogP contribution in [0.3, 0.4) is 0 Å². The van der Waals surface area contributed by atoms with Crippen LogP contribution in [0.2, 0.25) is 0 Å². The van der Waals surface area contributed by atoms with E-state index in [0.29, 0.717) is 59.1 Å². The first-order valence-electron chi connectivity index (χ1n) is 13.2. The van der Waals surface area contributed by atoms with Gasteiger partial charge in [0.15, 0.2) is 28.8 Å². The summed E-state index contributed by atoms with van der Waals surface area (Å²) < 4.78 is 24.2. The molecule has 216 valence electrons. The maximum Gasteiger partial charge on any atom is 0.281 e. The number of amides is 1. The first-order chi connectivity index (χ1) is 20.4. The van der Waals surface area contributed by atoms with Crippen LogP contribution in [0.4, 0.5) is 5.82 Å². The normalized spacial score (nSPS) is 11.0. The van der Waals surface area contributed by atoms with E-state index in [1.165, 1.54) is 6.20 Å². The van der Waals surface area contributed by atoms with Gasteiger partial charge in [-0.05, 0) is 51.4 Å². The Bertz CT molecular complexity index is 1700. The third kappa shape index (κ3) is 6.08. The minimum absolute atomic E-state index is 0.119. The van der Waals surface area contributed by atoms with Crippen molar-refractivity contribution in [1.82, 2.24) is 29.6 Å². The number of hydrogen-bond acceptors (Lipinski definition) is 10. The molecule has 0 radical (unpaired) electrons. The van der Waals surface area contributed by atoms with Crippen molar-refractivity contribution in [3.05, 3.63) is 78.5 Å². The Morgan fingerprint density at radius 2 is 1.76 bits per heavy atom. The van der Waals surface area contributed by atoms with Gasteiger partial charge in [-0.25, -0.2) is 14.6 Å². The van der Waals surface area contributed by atoms with Crippen LogP contribution in [0, 0.1) is 0 Å². The van der Waals surface area contributed by atoms with Crippen LogP contribution in [0.25, 0.3) is 16.7 Å². The zero-order valence-electron chi connectivity index (χ0n) is 24.0. The maximum absolute atomic E-state index is 13.3. The van der Waals surface area contributed by atoms with Crippen LogP contribution in [0.5, 0.6) is 28.7 Å². The van der Waals surface area contributed by atoms with E-state index in [4.69, 9.17) is 18.9 Å². The van der Waals surface area contributed by atoms with Crippen LogP contribution in [-0.4, -0.2) is 70.5 Å². The molecule has 0 atom stereocenters. The summed E-state index contributed by atoms with van der Waals surface area (Å²) in [7, 11) is 7.09. The number of rotatable bonds is 11. The highest BCUT2D eigenvalue weighted by Gasteiger charge is 2.21. The molecular formula is C30H31N7O5. The van der Waals surface area contributed by atoms with Crippen molar-refractivity contribution in [1.29, 1.82) is 0 Å². The first-order valence-corrected chi connectivity index (χ1v) is 13.2. The second-order valence-corrected chi connectivity index (χ2v) is 9.41. The van der Waals surface area contributed by atoms with Crippen molar-refractivity contribution >= 4 is 22.6 Å². The maximum atomic E-state index is 13.3. The molecule has 0 aliphatic carbocycles. The van der Waals surface area contributed by atoms with Crippen molar-refractivity contribution < 1.29 is 23.7 Å². The Hall–Kier alpha value is -5.23. The number of benzene rings is 1. The highest BCUT2D eigenvalue weighted by Crippen LogP contribution is 2.36. The number of carbonyl (C=O) groups excluding carboxylic acids is 1. The van der Waals surface area contributed by atoms with E-state index >= 15 is 0 Å². The molecular weight excluding hydrogens is 538 g/mol. The quantitative estimate of drug-likeness (QED) is 0.239. The Balaban J connectivity index is 1.35. The lowest BCUT2D eigenvalue weighted by atomic mass is 10.2. The van der Waals surface area contributed by atoms with Crippen LogP contribution in [0.1, 0.15) is 23.0 Å². The van der Waals surface area contributed by atoms with E-state index in [9.17, 15) is 4.79 Å². The molecule has 42 heavy (non-hydrogen) atoms. The number of fused-ring (bicyclic) bond motifs is 1. The Labute approximate surface area is 242 Å². The number of nitrogens with zero attached hydrogens (tertiary/aromatic N) is 6. The van der Waals surface area contributed by atoms with Gasteiger partial charge in [-0.2, -0.15) is 5.10 Å². The minimum Gasteiger partial charge on any atom is -0.493 e. The topological polar surface area (TPSA) is 126 Å². The molecule has 1 amide bonds. The fourth-order valence-corrected chi connectivity index (χ4v) is 4.34. The van der Waals surface area contributed by atoms with Crippen molar-refractivity contribution in [3.63, 3.8) is 0 Å². The van der Waals surface area contributed by atoms with Crippen molar-refractivity contribution in [2.45, 2.75) is 13.5 Å². The molecule has 4 heterocycles. The number of pyridine rings is 3. The highest BCUT2D eigenvalue weighted by atomic mass is 16.5. The molecule has 5 rings (SSSR count). The zero-order valence-corrected chi connectivity index (χ0v) is 24.0. The standard InChI is InChI=1S/C30H31N7O5/c1-6-41-26-18-37(29-19(17-36(2)3)8-7-12-32-29)35-28(26)30(38)34-27-10-9-20(16-33-27)42-23-11-13-31-22-15-25(40-5)24(39-4)14-21(22)23/h7-16,18H,6,17H2,1-5H3,(H,33,34,38). The Kier molecular flexibility index (Phi) is 8.44. The molecule has 5 aromatic rings. The number of ether oxygens (including phenoxy) is 4. The molecule has 12 nitrogen and oxygen atoms in total. The van der Waals surface area contributed by atoms with Gasteiger partial charge in [-0.3, -0.25) is 9.78 Å². The summed E-state index contributed by atoms with van der Waals surface area (Å²) in [6.07, 6.45) is 6.51. The van der Waals surface area contributed by atoms with Crippen molar-refractivity contribution in [3.8, 4) is 34.6 Å². The van der Waals surface area contributed by atoms with E-state index in [-0.39, 0.29) is 5.69 Å². The molecule has 0 aliphatic rings. The van der Waals surface area contributed by atoms with E-state index in [0.717, 1.165) is 10.9 Å². The number of nitrogens with one attached hydrogen (secondary N) is 1. The van der Waals surface area contributed by atoms with Gasteiger partial charge in [0.1, 0.15) is 17.3 Å². The summed E-state index contributed by atoms with van der Waals surface area (Å²) in [6.45, 7) is 2.87. The monoisotopic (exact) mass is 569 g/mol. The first kappa shape index (κ1) is 28.3. The van der Waals surface area contributed by atoms with E-state index in [1.54, 1.807) is 61.8 Å². The molecule has 0 bridgehead atoms. The van der Waals surface area contributed by atoms with E-state index in [1.807, 2.05) is 44.1 Å². The fraction of sp³-hybridized carbons (Fsp3) is 0.233. The van der Waals surface area contributed by atoms with Gasteiger partial charge in [0.05, 0.1) is 38.7 Å². The molecule has 0 saturated heterocycles. The predicted octanol–water partition coefficient (Wildman–Crippen LogP) is 4.73. The molecule has 0 unspecified atom stereocenters. The Morgan fingerprint density at radius 1 is 0.952 bits per heavy atom. The van der Waals surface area contributed by atoms with Crippen molar-refractivity contribution in [2.24, 2.45) is 0 Å². The average molecular weight is 570 g/mol. The second kappa shape index (κ2) is 12.5. The van der Waals surface area contributed by atoms with E-state index < -0.39 is 5.91 Å². The molecule has 12 heteroatoms. The lowest BCUT2D eigenvalue weighted by molar-refractivity contribution is 0.101. The minimum atomic E-state index is -0.468. The number of hydrogen-bond donors (Lipinski definition) is 1. The largest absolute Gasteiger partial charge is 0.493 e. The molecule has 1 N–H and O–H groups in total. The molecule has 0 spiro atoms. The third-order valence-corrected chi connectivity index (χ3v) is 6.18. The number of methoxy groups -OCH3 is 2. The number of aromatic nitrogens is 5. The van der Waals surface area contributed by atoms with Crippen LogP contribution < -0.4 is 24.3 Å². The number of anilines is 1. The van der Waals surface area contributed by atoms with Crippen molar-refractivity contribution in [2.75, 3.05) is 40.2 Å². The van der Waals surface area contributed by atoms with Gasteiger partial charge in [-0.15, -0.1) is 0 Å². The average Bonchev–Trinajstić information content (AvgIpc) is 3.41. The fourth-order valence-electron chi connectivity index (χ4n) is 4.34. The predicted molar refractivity (Wildman–Crippen MR) is 157 cm³/mol. The second-order valence-electron chi connectivity index (χ2n) is 9.41. The lowest BCUT2D eigenvalue weighted by Crippen LogP contribution is -2.16. The van der Waals surface area contributed by atoms with Crippen LogP contribution >= 0.6 is 0 Å². The molecule has 0 fully saturated rings. The van der Waals surface area contributed by atoms with Crippen LogP contribution in [-0.2, 0) is 6.54 Å². The smallest absolute Gasteiger partial charge is 0.281 e. The lowest BCUT2D eigenvalue weighted by Gasteiger charge is -2.12. The summed E-state index contributed by atoms with van der Waals surface area (Å²) in [4.78, 5) is 28.5. The van der Waals surface area contributed by atoms with E-state index in [2.05, 4.69) is 25.4 Å². The molecule has 0 saturated carbocycles. The van der Waals surface area contributed by atoms with Gasteiger partial charge < -0.3 is 29.2 Å². The van der Waals surface area contributed by atoms with Gasteiger partial charge in [0.25, 0.3) is 5.91 Å². The summed E-state index contributed by atoms with van der Waals surface area (Å²) in [6, 6.07) is 12.5.